The predicted octanol–water partition coefficient (Wildman–Crippen LogP) is 5.31. The fourth-order valence-electron chi connectivity index (χ4n) is 2.06. The Labute approximate surface area is 177 Å². The van der Waals surface area contributed by atoms with E-state index in [2.05, 4.69) is 4.74 Å². The number of hydrogen-bond acceptors (Lipinski definition) is 6. The maximum atomic E-state index is 12.2. The van der Waals surface area contributed by atoms with Crippen molar-refractivity contribution in [3.63, 3.8) is 0 Å². The molecule has 0 N–H and O–H groups in total. The minimum Gasteiger partial charge on any atom is -0.475 e. The SMILES string of the molecule is COC(=O)C(C)OC(=O)C(C)Oc1cc(Cl)ccc1Oc1ccc(Cl)cc1Cl. The molecule has 150 valence electrons. The molecule has 0 saturated heterocycles. The highest BCUT2D eigenvalue weighted by Crippen LogP contribution is 2.38. The van der Waals surface area contributed by atoms with Crippen LogP contribution in [0.4, 0.5) is 0 Å². The molecule has 2 unspecified atom stereocenters. The van der Waals surface area contributed by atoms with Crippen molar-refractivity contribution >= 4 is 46.7 Å². The monoisotopic (exact) mass is 446 g/mol. The van der Waals surface area contributed by atoms with Gasteiger partial charge in [-0.15, -0.1) is 0 Å². The summed E-state index contributed by atoms with van der Waals surface area (Å²) < 4.78 is 20.9. The zero-order valence-corrected chi connectivity index (χ0v) is 17.5. The first-order chi connectivity index (χ1) is 13.2. The molecule has 28 heavy (non-hydrogen) atoms. The van der Waals surface area contributed by atoms with Gasteiger partial charge in [0.05, 0.1) is 12.1 Å². The van der Waals surface area contributed by atoms with E-state index in [0.717, 1.165) is 0 Å². The second-order valence-corrected chi connectivity index (χ2v) is 6.91. The highest BCUT2D eigenvalue weighted by atomic mass is 35.5. The molecule has 0 amide bonds. The summed E-state index contributed by atoms with van der Waals surface area (Å²) in [6, 6.07) is 9.39. The standard InChI is InChI=1S/C19H17Cl3O6/c1-10(18(23)25-3)27-19(24)11(2)26-17-9-13(21)5-7-16(17)28-15-6-4-12(20)8-14(15)22/h4-11H,1-3H3. The van der Waals surface area contributed by atoms with Crippen molar-refractivity contribution in [2.75, 3.05) is 7.11 Å². The Morgan fingerprint density at radius 1 is 0.821 bits per heavy atom. The van der Waals surface area contributed by atoms with Crippen molar-refractivity contribution in [2.45, 2.75) is 26.1 Å². The first-order valence-corrected chi connectivity index (χ1v) is 9.22. The zero-order chi connectivity index (χ0) is 20.8. The molecule has 0 aliphatic rings. The lowest BCUT2D eigenvalue weighted by Gasteiger charge is -2.19. The second-order valence-electron chi connectivity index (χ2n) is 5.63. The van der Waals surface area contributed by atoms with E-state index in [1.165, 1.54) is 33.1 Å². The van der Waals surface area contributed by atoms with Crippen LogP contribution in [0.15, 0.2) is 36.4 Å². The number of esters is 2. The van der Waals surface area contributed by atoms with E-state index in [-0.39, 0.29) is 11.5 Å². The van der Waals surface area contributed by atoms with Crippen LogP contribution in [-0.4, -0.2) is 31.3 Å². The highest BCUT2D eigenvalue weighted by molar-refractivity contribution is 6.35. The van der Waals surface area contributed by atoms with Gasteiger partial charge in [-0.1, -0.05) is 34.8 Å². The normalized spacial score (nSPS) is 12.6. The van der Waals surface area contributed by atoms with Crippen LogP contribution in [0.2, 0.25) is 15.1 Å². The maximum absolute atomic E-state index is 12.2. The molecule has 2 aromatic rings. The van der Waals surface area contributed by atoms with Gasteiger partial charge in [-0.25, -0.2) is 9.59 Å². The molecule has 0 aliphatic heterocycles. The molecule has 0 radical (unpaired) electrons. The van der Waals surface area contributed by atoms with Crippen LogP contribution in [0.5, 0.6) is 17.2 Å². The smallest absolute Gasteiger partial charge is 0.347 e. The number of ether oxygens (including phenoxy) is 4. The van der Waals surface area contributed by atoms with E-state index in [1.807, 2.05) is 0 Å². The van der Waals surface area contributed by atoms with Gasteiger partial charge in [0.15, 0.2) is 23.7 Å². The van der Waals surface area contributed by atoms with Crippen molar-refractivity contribution in [1.29, 1.82) is 0 Å². The number of rotatable bonds is 7. The third-order valence-corrected chi connectivity index (χ3v) is 4.25. The molecule has 0 fully saturated rings. The average Bonchev–Trinajstić information content (AvgIpc) is 2.64. The first-order valence-electron chi connectivity index (χ1n) is 8.08. The van der Waals surface area contributed by atoms with E-state index in [4.69, 9.17) is 49.0 Å². The summed E-state index contributed by atoms with van der Waals surface area (Å²) in [5, 5.41) is 1.13. The number of carbonyl (C=O) groups excluding carboxylic acids is 2. The molecule has 0 aromatic heterocycles. The molecule has 9 heteroatoms. The minimum atomic E-state index is -1.06. The van der Waals surface area contributed by atoms with Gasteiger partial charge in [-0.3, -0.25) is 0 Å². The second kappa shape index (κ2) is 9.87. The minimum absolute atomic E-state index is 0.189. The van der Waals surface area contributed by atoms with Gasteiger partial charge in [0.1, 0.15) is 5.75 Å². The predicted molar refractivity (Wildman–Crippen MR) is 106 cm³/mol. The van der Waals surface area contributed by atoms with Crippen LogP contribution in [0, 0.1) is 0 Å². The molecular weight excluding hydrogens is 431 g/mol. The highest BCUT2D eigenvalue weighted by Gasteiger charge is 2.25. The van der Waals surface area contributed by atoms with E-state index in [9.17, 15) is 9.59 Å². The fourth-order valence-corrected chi connectivity index (χ4v) is 2.67. The summed E-state index contributed by atoms with van der Waals surface area (Å²) in [6.07, 6.45) is -2.11. The molecule has 0 heterocycles. The number of benzene rings is 2. The van der Waals surface area contributed by atoms with Crippen molar-refractivity contribution < 1.29 is 28.5 Å². The van der Waals surface area contributed by atoms with Crippen LogP contribution in [-0.2, 0) is 19.1 Å². The fraction of sp³-hybridized carbons (Fsp3) is 0.263. The Hall–Kier alpha value is -2.15. The largest absolute Gasteiger partial charge is 0.475 e. The lowest BCUT2D eigenvalue weighted by molar-refractivity contribution is -0.168. The van der Waals surface area contributed by atoms with Crippen molar-refractivity contribution in [3.05, 3.63) is 51.5 Å². The van der Waals surface area contributed by atoms with Crippen LogP contribution >= 0.6 is 34.8 Å². The van der Waals surface area contributed by atoms with Crippen LogP contribution in [0.25, 0.3) is 0 Å². The third kappa shape index (κ3) is 5.92. The number of hydrogen-bond donors (Lipinski definition) is 0. The van der Waals surface area contributed by atoms with E-state index in [0.29, 0.717) is 20.8 Å². The van der Waals surface area contributed by atoms with E-state index in [1.54, 1.807) is 24.3 Å². The summed E-state index contributed by atoms with van der Waals surface area (Å²) in [5.41, 5.74) is 0. The average molecular weight is 448 g/mol. The first kappa shape index (κ1) is 22.1. The summed E-state index contributed by atoms with van der Waals surface area (Å²) in [4.78, 5) is 23.5. The molecule has 2 rings (SSSR count). The van der Waals surface area contributed by atoms with Gasteiger partial charge in [-0.2, -0.15) is 0 Å². The number of carbonyl (C=O) groups is 2. The van der Waals surface area contributed by atoms with Crippen molar-refractivity contribution in [1.82, 2.24) is 0 Å². The quantitative estimate of drug-likeness (QED) is 0.536. The van der Waals surface area contributed by atoms with Crippen molar-refractivity contribution in [2.24, 2.45) is 0 Å². The Morgan fingerprint density at radius 2 is 1.43 bits per heavy atom. The van der Waals surface area contributed by atoms with E-state index < -0.39 is 24.1 Å². The Bertz CT molecular complexity index is 871. The van der Waals surface area contributed by atoms with Gasteiger partial charge in [0, 0.05) is 16.1 Å². The van der Waals surface area contributed by atoms with Gasteiger partial charge in [0.2, 0.25) is 0 Å². The molecule has 2 aromatic carbocycles. The van der Waals surface area contributed by atoms with Gasteiger partial charge >= 0.3 is 11.9 Å². The summed E-state index contributed by atoms with van der Waals surface area (Å²) in [6.45, 7) is 2.86. The summed E-state index contributed by atoms with van der Waals surface area (Å²) in [5.74, 6) is -0.631. The molecule has 0 aliphatic carbocycles. The lowest BCUT2D eigenvalue weighted by Crippen LogP contribution is -2.33. The Balaban J connectivity index is 2.17. The topological polar surface area (TPSA) is 71.1 Å². The Kier molecular flexibility index (Phi) is 7.80. The summed E-state index contributed by atoms with van der Waals surface area (Å²) in [7, 11) is 1.20. The Morgan fingerprint density at radius 3 is 2.04 bits per heavy atom. The van der Waals surface area contributed by atoms with Crippen molar-refractivity contribution in [3.8, 4) is 17.2 Å². The summed E-state index contributed by atoms with van der Waals surface area (Å²) >= 11 is 18.0. The molecule has 0 saturated carbocycles. The number of halogens is 3. The van der Waals surface area contributed by atoms with E-state index >= 15 is 0 Å². The molecule has 0 bridgehead atoms. The molecular formula is C19H17Cl3O6. The molecule has 6 nitrogen and oxygen atoms in total. The van der Waals surface area contributed by atoms with Gasteiger partial charge < -0.3 is 18.9 Å². The van der Waals surface area contributed by atoms with Crippen LogP contribution in [0.1, 0.15) is 13.8 Å². The number of methoxy groups -OCH3 is 1. The lowest BCUT2D eigenvalue weighted by atomic mass is 10.3. The van der Waals surface area contributed by atoms with Gasteiger partial charge in [-0.05, 0) is 44.2 Å². The van der Waals surface area contributed by atoms with Crippen LogP contribution in [0.3, 0.4) is 0 Å². The molecule has 2 atom stereocenters. The van der Waals surface area contributed by atoms with Gasteiger partial charge in [0.25, 0.3) is 0 Å². The molecule has 0 spiro atoms. The third-order valence-electron chi connectivity index (χ3n) is 3.48. The van der Waals surface area contributed by atoms with Crippen LogP contribution < -0.4 is 9.47 Å². The zero-order valence-electron chi connectivity index (χ0n) is 15.2. The maximum Gasteiger partial charge on any atom is 0.347 e.